The summed E-state index contributed by atoms with van der Waals surface area (Å²) in [5.41, 5.74) is -3.20. The first-order valence-electron chi connectivity index (χ1n) is 25.7. The van der Waals surface area contributed by atoms with E-state index in [0.29, 0.717) is 0 Å². The fourth-order valence-electron chi connectivity index (χ4n) is 12.2. The number of benzene rings is 8. The monoisotopic (exact) mass is 1150 g/mol. The molecule has 11 atom stereocenters. The first-order chi connectivity index (χ1) is 39.9. The summed E-state index contributed by atoms with van der Waals surface area (Å²) in [6.45, 7) is 0. The third-order valence-electron chi connectivity index (χ3n) is 16.0. The van der Waals surface area contributed by atoms with Crippen LogP contribution in [0.25, 0.3) is 0 Å². The van der Waals surface area contributed by atoms with Crippen LogP contribution in [0.3, 0.4) is 0 Å². The molecule has 434 valence electrons. The molecular formula is C60H50O24. The summed E-state index contributed by atoms with van der Waals surface area (Å²) >= 11 is 0. The lowest BCUT2D eigenvalue weighted by atomic mass is 9.72. The smallest absolute Gasteiger partial charge is 0.157 e. The highest BCUT2D eigenvalue weighted by Crippen LogP contribution is 2.65. The Balaban J connectivity index is 1.14. The van der Waals surface area contributed by atoms with Crippen LogP contribution in [0.4, 0.5) is 0 Å². The molecule has 0 bridgehead atoms. The second-order valence-electron chi connectivity index (χ2n) is 21.0. The van der Waals surface area contributed by atoms with E-state index in [9.17, 15) is 102 Å². The van der Waals surface area contributed by atoms with Gasteiger partial charge in [0.1, 0.15) is 93.4 Å². The molecule has 8 aromatic rings. The van der Waals surface area contributed by atoms with Crippen molar-refractivity contribution in [2.45, 2.75) is 73.0 Å². The topological polar surface area (TPSA) is 442 Å². The highest BCUT2D eigenvalue weighted by atomic mass is 16.5. The summed E-state index contributed by atoms with van der Waals surface area (Å²) in [6, 6.07) is 17.7. The summed E-state index contributed by atoms with van der Waals surface area (Å²) < 4.78 is 25.8. The first-order valence-corrected chi connectivity index (χ1v) is 25.7. The van der Waals surface area contributed by atoms with Crippen molar-refractivity contribution in [1.29, 1.82) is 0 Å². The van der Waals surface area contributed by atoms with Gasteiger partial charge in [-0.2, -0.15) is 0 Å². The van der Waals surface area contributed by atoms with Crippen LogP contribution >= 0.6 is 0 Å². The first kappa shape index (κ1) is 54.2. The molecule has 0 saturated carbocycles. The predicted molar refractivity (Wildman–Crippen MR) is 285 cm³/mol. The minimum Gasteiger partial charge on any atom is -0.508 e. The third kappa shape index (κ3) is 8.44. The number of aliphatic hydroxyl groups excluding tert-OH is 4. The van der Waals surface area contributed by atoms with Crippen molar-refractivity contribution in [2.75, 3.05) is 0 Å². The van der Waals surface area contributed by atoms with Crippen LogP contribution in [-0.4, -0.2) is 127 Å². The fourth-order valence-corrected chi connectivity index (χ4v) is 12.2. The normalized spacial score (nSPS) is 24.0. The molecule has 0 unspecified atom stereocenters. The zero-order chi connectivity index (χ0) is 59.8. The largest absolute Gasteiger partial charge is 0.508 e. The summed E-state index contributed by atoms with van der Waals surface area (Å²) in [5.74, 6) is -19.0. The van der Waals surface area contributed by atoms with Gasteiger partial charge in [0.15, 0.2) is 64.3 Å². The van der Waals surface area contributed by atoms with Crippen molar-refractivity contribution in [3.8, 4) is 115 Å². The maximum atomic E-state index is 13.1. The molecule has 4 aliphatic heterocycles. The van der Waals surface area contributed by atoms with Crippen LogP contribution in [0.15, 0.2) is 103 Å². The van der Waals surface area contributed by atoms with E-state index >= 15 is 0 Å². The molecule has 24 nitrogen and oxygen atoms in total. The molecule has 24 heteroatoms. The van der Waals surface area contributed by atoms with Crippen LogP contribution in [0.1, 0.15) is 103 Å². The van der Waals surface area contributed by atoms with Crippen molar-refractivity contribution in [2.24, 2.45) is 0 Å². The molecule has 0 amide bonds. The molecular weight excluding hydrogens is 1100 g/mol. The summed E-state index contributed by atoms with van der Waals surface area (Å²) in [5, 5.41) is 229. The Labute approximate surface area is 472 Å². The molecule has 4 heterocycles. The molecule has 8 aromatic carbocycles. The van der Waals surface area contributed by atoms with Crippen LogP contribution in [0.5, 0.6) is 115 Å². The Morgan fingerprint density at radius 2 is 0.583 bits per heavy atom. The highest BCUT2D eigenvalue weighted by molar-refractivity contribution is 5.73. The minimum absolute atomic E-state index is 0.00111. The van der Waals surface area contributed by atoms with Gasteiger partial charge in [0.25, 0.3) is 0 Å². The van der Waals surface area contributed by atoms with Crippen LogP contribution < -0.4 is 18.9 Å². The van der Waals surface area contributed by atoms with E-state index in [1.807, 2.05) is 0 Å². The summed E-state index contributed by atoms with van der Waals surface area (Å²) in [4.78, 5) is 0. The lowest BCUT2D eigenvalue weighted by molar-refractivity contribution is -0.00858. The number of hydrogen-bond acceptors (Lipinski definition) is 24. The number of fused-ring (bicyclic) bond motifs is 4. The number of aromatic hydroxyl groups is 16. The Bertz CT molecular complexity index is 4030. The van der Waals surface area contributed by atoms with E-state index in [1.54, 1.807) is 0 Å². The fraction of sp³-hybridized carbons (Fsp3) is 0.200. The summed E-state index contributed by atoms with van der Waals surface area (Å²) in [6.07, 6.45) is -14.8. The molecule has 0 spiro atoms. The van der Waals surface area contributed by atoms with Gasteiger partial charge < -0.3 is 121 Å². The van der Waals surface area contributed by atoms with Crippen molar-refractivity contribution in [3.05, 3.63) is 164 Å². The number of ether oxygens (including phenoxy) is 4. The number of phenolic OH excluding ortho intramolecular Hbond substituents is 16. The van der Waals surface area contributed by atoms with Gasteiger partial charge in [-0.3, -0.25) is 0 Å². The van der Waals surface area contributed by atoms with Gasteiger partial charge in [-0.15, -0.1) is 0 Å². The Hall–Kier alpha value is -10.4. The second-order valence-corrected chi connectivity index (χ2v) is 21.0. The molecule has 0 fully saturated rings. The second kappa shape index (κ2) is 19.7. The maximum absolute atomic E-state index is 13.1. The van der Waals surface area contributed by atoms with Crippen molar-refractivity contribution >= 4 is 0 Å². The highest BCUT2D eigenvalue weighted by Gasteiger charge is 2.53. The van der Waals surface area contributed by atoms with Gasteiger partial charge in [-0.05, 0) is 70.8 Å². The average molecular weight is 1160 g/mol. The number of rotatable bonds is 7. The minimum atomic E-state index is -2.15. The Morgan fingerprint density at radius 1 is 0.274 bits per heavy atom. The van der Waals surface area contributed by atoms with Crippen LogP contribution in [-0.2, 0) is 6.42 Å². The van der Waals surface area contributed by atoms with E-state index in [2.05, 4.69) is 0 Å². The summed E-state index contributed by atoms with van der Waals surface area (Å²) in [7, 11) is 0. The van der Waals surface area contributed by atoms with E-state index in [4.69, 9.17) is 18.9 Å². The SMILES string of the molecule is Oc1cc(O)c2c(c1)O[C@H](c1ccc(O)c(O)c1)[C@H](O)[C@H]2c1c(O)cc(O)c2c1O[C@H](c1ccc(O)c(O)c1)[C@H](O)[C@H]2c1c(O)cc(O)c2c1O[C@H](c1ccc(O)c(O)c1)[C@@H](O)[C@H]2c1c(O)cc(O)c2c1O[C@H](c1ccc(O)c(O)c1)[C@H](O)C2. The van der Waals surface area contributed by atoms with Gasteiger partial charge in [0.2, 0.25) is 0 Å². The van der Waals surface area contributed by atoms with E-state index in [0.717, 1.165) is 78.9 Å². The zero-order valence-corrected chi connectivity index (χ0v) is 43.0. The lowest BCUT2D eigenvalue weighted by Gasteiger charge is -2.44. The van der Waals surface area contributed by atoms with Gasteiger partial charge in [-0.1, -0.05) is 24.3 Å². The maximum Gasteiger partial charge on any atom is 0.157 e. The van der Waals surface area contributed by atoms with Gasteiger partial charge in [-0.25, -0.2) is 0 Å². The average Bonchev–Trinajstić information content (AvgIpc) is 1.45. The zero-order valence-electron chi connectivity index (χ0n) is 43.0. The van der Waals surface area contributed by atoms with Gasteiger partial charge >= 0.3 is 0 Å². The van der Waals surface area contributed by atoms with Gasteiger partial charge in [0, 0.05) is 75.7 Å². The number of aliphatic hydroxyl groups is 4. The van der Waals surface area contributed by atoms with Crippen molar-refractivity contribution < 1.29 is 121 Å². The van der Waals surface area contributed by atoms with E-state index in [1.165, 1.54) is 24.3 Å². The molecule has 12 rings (SSSR count). The Morgan fingerprint density at radius 3 is 0.964 bits per heavy atom. The van der Waals surface area contributed by atoms with Gasteiger partial charge in [0.05, 0.1) is 23.9 Å². The Kier molecular flexibility index (Phi) is 12.7. The van der Waals surface area contributed by atoms with Crippen molar-refractivity contribution in [1.82, 2.24) is 0 Å². The van der Waals surface area contributed by atoms with Crippen LogP contribution in [0, 0.1) is 0 Å². The predicted octanol–water partition coefficient (Wildman–Crippen LogP) is 5.89. The number of phenols is 16. The third-order valence-corrected chi connectivity index (χ3v) is 16.0. The molecule has 0 saturated heterocycles. The number of hydrogen-bond donors (Lipinski definition) is 20. The van der Waals surface area contributed by atoms with E-state index in [-0.39, 0.29) is 39.1 Å². The van der Waals surface area contributed by atoms with E-state index < -0.39 is 210 Å². The lowest BCUT2D eigenvalue weighted by Crippen LogP contribution is -2.40. The molecule has 0 radical (unpaired) electrons. The molecule has 20 N–H and O–H groups in total. The molecule has 0 aromatic heterocycles. The molecule has 84 heavy (non-hydrogen) atoms. The van der Waals surface area contributed by atoms with Crippen LogP contribution in [0.2, 0.25) is 0 Å². The molecule has 0 aliphatic carbocycles. The molecule has 4 aliphatic rings. The quantitative estimate of drug-likeness (QED) is 0.0827. The standard InChI is InChI=1S/C60H50O24/c61-23-13-34(71)42-41(14-23)81-55(20-2-6-26(63)31(68)10-20)51(78)48(42)44-36(73)17-38(75)46-50(53(80)57(83-59(44)46)22-4-8-28(65)33(70)12-22)47-39(76)18-37(74)45-49(52(79)56(84-60(45)47)21-3-7-27(64)32(69)11-21)43-35(72)16-29(66)24-15-40(77)54(82-58(24)43)19-1-5-25(62)30(67)9-19/h1-14,16-18,40,48-57,61-80H,15H2/t40-,48-,49+,50-,51-,52+,53-,54-,55-,56-,57-/m1/s1. The van der Waals surface area contributed by atoms with Crippen molar-refractivity contribution in [3.63, 3.8) is 0 Å².